The largest absolute Gasteiger partial charge is 0.285 e. The SMILES string of the molecule is [O]CCCCC(c1ccccn1)S(=O)(=O)O. The summed E-state index contributed by atoms with van der Waals surface area (Å²) in [6.45, 7) is -0.236. The molecule has 0 saturated carbocycles. The molecule has 89 valence electrons. The van der Waals surface area contributed by atoms with E-state index in [1.807, 2.05) is 0 Å². The maximum atomic E-state index is 11.2. The van der Waals surface area contributed by atoms with E-state index in [9.17, 15) is 13.5 Å². The van der Waals surface area contributed by atoms with Gasteiger partial charge >= 0.3 is 0 Å². The molecule has 0 spiro atoms. The predicted molar refractivity (Wildman–Crippen MR) is 57.9 cm³/mol. The van der Waals surface area contributed by atoms with Crippen LogP contribution in [-0.4, -0.2) is 24.6 Å². The van der Waals surface area contributed by atoms with Crippen molar-refractivity contribution in [2.45, 2.75) is 24.5 Å². The topological polar surface area (TPSA) is 87.2 Å². The van der Waals surface area contributed by atoms with E-state index >= 15 is 0 Å². The van der Waals surface area contributed by atoms with Gasteiger partial charge in [-0.3, -0.25) is 9.54 Å². The van der Waals surface area contributed by atoms with Crippen LogP contribution < -0.4 is 0 Å². The average molecular weight is 244 g/mol. The zero-order valence-electron chi connectivity index (χ0n) is 8.74. The van der Waals surface area contributed by atoms with Crippen molar-refractivity contribution in [3.63, 3.8) is 0 Å². The molecule has 0 aliphatic carbocycles. The highest BCUT2D eigenvalue weighted by atomic mass is 32.2. The van der Waals surface area contributed by atoms with Crippen LogP contribution in [0.1, 0.15) is 30.2 Å². The number of nitrogens with zero attached hydrogens (tertiary/aromatic N) is 1. The fourth-order valence-corrected chi connectivity index (χ4v) is 2.36. The summed E-state index contributed by atoms with van der Waals surface area (Å²) < 4.78 is 31.4. The molecule has 1 atom stereocenters. The average Bonchev–Trinajstić information content (AvgIpc) is 2.24. The monoisotopic (exact) mass is 244 g/mol. The molecule has 1 aromatic rings. The van der Waals surface area contributed by atoms with Gasteiger partial charge in [-0.05, 0) is 31.4 Å². The Balaban J connectivity index is 2.81. The number of hydrogen-bond donors (Lipinski definition) is 1. The van der Waals surface area contributed by atoms with Crippen LogP contribution in [0.15, 0.2) is 24.4 Å². The van der Waals surface area contributed by atoms with Crippen LogP contribution >= 0.6 is 0 Å². The first-order valence-electron chi connectivity index (χ1n) is 5.01. The second-order valence-electron chi connectivity index (χ2n) is 3.46. The Bertz CT molecular complexity index is 404. The first kappa shape index (κ1) is 13.1. The normalized spacial score (nSPS) is 13.6. The summed E-state index contributed by atoms with van der Waals surface area (Å²) in [5, 5.41) is 9.24. The smallest absolute Gasteiger partial charge is 0.273 e. The van der Waals surface area contributed by atoms with E-state index in [-0.39, 0.29) is 13.0 Å². The standard InChI is InChI=1S/C10H14NO4S/c12-8-4-2-6-10(16(13,14)15)9-5-1-3-7-11-9/h1,3,5,7,10H,2,4,6,8H2,(H,13,14,15). The van der Waals surface area contributed by atoms with Gasteiger partial charge in [0.1, 0.15) is 5.25 Å². The van der Waals surface area contributed by atoms with Gasteiger partial charge < -0.3 is 0 Å². The van der Waals surface area contributed by atoms with Crippen LogP contribution in [0.2, 0.25) is 0 Å². The molecular weight excluding hydrogens is 230 g/mol. The zero-order chi connectivity index (χ0) is 12.0. The van der Waals surface area contributed by atoms with Crippen molar-refractivity contribution in [2.24, 2.45) is 0 Å². The molecule has 0 aliphatic rings. The van der Waals surface area contributed by atoms with Crippen LogP contribution in [-0.2, 0) is 15.2 Å². The Hall–Kier alpha value is -0.980. The fraction of sp³-hybridized carbons (Fsp3) is 0.500. The summed E-state index contributed by atoms with van der Waals surface area (Å²) in [4.78, 5) is 3.91. The Labute approximate surface area is 94.9 Å². The van der Waals surface area contributed by atoms with Gasteiger partial charge in [0.2, 0.25) is 0 Å². The molecule has 1 unspecified atom stereocenters. The van der Waals surface area contributed by atoms with Gasteiger partial charge in [0.25, 0.3) is 10.1 Å². The van der Waals surface area contributed by atoms with Gasteiger partial charge in [-0.1, -0.05) is 6.07 Å². The number of hydrogen-bond acceptors (Lipinski definition) is 3. The second-order valence-corrected chi connectivity index (χ2v) is 5.06. The third-order valence-corrected chi connectivity index (χ3v) is 3.43. The number of pyridine rings is 1. The molecule has 0 aromatic carbocycles. The van der Waals surface area contributed by atoms with Crippen LogP contribution in [0.4, 0.5) is 0 Å². The predicted octanol–water partition coefficient (Wildman–Crippen LogP) is 1.61. The second kappa shape index (κ2) is 5.93. The van der Waals surface area contributed by atoms with Gasteiger partial charge in [-0.25, -0.2) is 5.11 Å². The van der Waals surface area contributed by atoms with E-state index in [0.29, 0.717) is 18.5 Å². The highest BCUT2D eigenvalue weighted by molar-refractivity contribution is 7.86. The molecule has 1 N–H and O–H groups in total. The maximum Gasteiger partial charge on any atom is 0.273 e. The van der Waals surface area contributed by atoms with Crippen molar-refractivity contribution in [3.05, 3.63) is 30.1 Å². The minimum atomic E-state index is -4.16. The van der Waals surface area contributed by atoms with Gasteiger partial charge in [-0.2, -0.15) is 8.42 Å². The molecule has 1 rings (SSSR count). The third kappa shape index (κ3) is 3.88. The summed E-state index contributed by atoms with van der Waals surface area (Å²) in [5.74, 6) is 0. The van der Waals surface area contributed by atoms with Crippen molar-refractivity contribution in [1.29, 1.82) is 0 Å². The van der Waals surface area contributed by atoms with Crippen LogP contribution in [0.3, 0.4) is 0 Å². The van der Waals surface area contributed by atoms with Gasteiger partial charge in [0.05, 0.1) is 12.3 Å². The van der Waals surface area contributed by atoms with Crippen molar-refractivity contribution < 1.29 is 18.1 Å². The molecule has 6 heteroatoms. The molecule has 5 nitrogen and oxygen atoms in total. The van der Waals surface area contributed by atoms with E-state index in [1.54, 1.807) is 18.2 Å². The Morgan fingerprint density at radius 1 is 1.31 bits per heavy atom. The third-order valence-electron chi connectivity index (χ3n) is 2.24. The fourth-order valence-electron chi connectivity index (χ4n) is 1.45. The van der Waals surface area contributed by atoms with Gasteiger partial charge in [0.15, 0.2) is 0 Å². The molecule has 0 saturated heterocycles. The molecule has 1 aromatic heterocycles. The lowest BCUT2D eigenvalue weighted by molar-refractivity contribution is 0.186. The summed E-state index contributed by atoms with van der Waals surface area (Å²) in [5.41, 5.74) is 0.316. The van der Waals surface area contributed by atoms with E-state index in [4.69, 9.17) is 4.55 Å². The van der Waals surface area contributed by atoms with Crippen LogP contribution in [0, 0.1) is 0 Å². The van der Waals surface area contributed by atoms with Crippen molar-refractivity contribution in [3.8, 4) is 0 Å². The minimum Gasteiger partial charge on any atom is -0.285 e. The van der Waals surface area contributed by atoms with Gasteiger partial charge in [0, 0.05) is 6.20 Å². The zero-order valence-corrected chi connectivity index (χ0v) is 9.56. The van der Waals surface area contributed by atoms with Crippen LogP contribution in [0.5, 0.6) is 0 Å². The van der Waals surface area contributed by atoms with Crippen molar-refractivity contribution in [2.75, 3.05) is 6.61 Å². The maximum absolute atomic E-state index is 11.2. The minimum absolute atomic E-state index is 0.220. The van der Waals surface area contributed by atoms with Crippen molar-refractivity contribution in [1.82, 2.24) is 4.98 Å². The van der Waals surface area contributed by atoms with E-state index in [1.165, 1.54) is 6.20 Å². The van der Waals surface area contributed by atoms with E-state index in [2.05, 4.69) is 4.98 Å². The van der Waals surface area contributed by atoms with E-state index < -0.39 is 15.4 Å². The number of unbranched alkanes of at least 4 members (excludes halogenated alkanes) is 1. The molecule has 0 bridgehead atoms. The molecule has 16 heavy (non-hydrogen) atoms. The first-order valence-corrected chi connectivity index (χ1v) is 6.51. The summed E-state index contributed by atoms with van der Waals surface area (Å²) in [7, 11) is -4.16. The molecule has 1 radical (unpaired) electrons. The Morgan fingerprint density at radius 2 is 2.06 bits per heavy atom. The highest BCUT2D eigenvalue weighted by Gasteiger charge is 2.25. The van der Waals surface area contributed by atoms with Gasteiger partial charge in [-0.15, -0.1) is 0 Å². The number of rotatable bonds is 6. The Kier molecular flexibility index (Phi) is 4.85. The van der Waals surface area contributed by atoms with Crippen LogP contribution in [0.25, 0.3) is 0 Å². The first-order chi connectivity index (χ1) is 7.55. The molecule has 0 amide bonds. The number of aromatic nitrogens is 1. The summed E-state index contributed by atoms with van der Waals surface area (Å²) >= 11 is 0. The Morgan fingerprint density at radius 3 is 2.56 bits per heavy atom. The quantitative estimate of drug-likeness (QED) is 0.608. The lowest BCUT2D eigenvalue weighted by Gasteiger charge is -2.12. The highest BCUT2D eigenvalue weighted by Crippen LogP contribution is 2.25. The lowest BCUT2D eigenvalue weighted by Crippen LogP contribution is -2.13. The molecular formula is C10H14NO4S. The molecule has 1 heterocycles. The lowest BCUT2D eigenvalue weighted by atomic mass is 10.1. The molecule has 0 aliphatic heterocycles. The van der Waals surface area contributed by atoms with E-state index in [0.717, 1.165) is 0 Å². The summed E-state index contributed by atoms with van der Waals surface area (Å²) in [6, 6.07) is 4.88. The molecule has 0 fully saturated rings. The van der Waals surface area contributed by atoms with Crippen molar-refractivity contribution >= 4 is 10.1 Å². The summed E-state index contributed by atoms with van der Waals surface area (Å²) in [6.07, 6.45) is 2.56.